The summed E-state index contributed by atoms with van der Waals surface area (Å²) in [4.78, 5) is 18.1. The molecule has 9 heteroatoms. The molecule has 1 N–H and O–H groups in total. The molecule has 160 valence electrons. The number of aromatic nitrogens is 1. The first kappa shape index (κ1) is 20.1. The summed E-state index contributed by atoms with van der Waals surface area (Å²) in [6, 6.07) is 5.58. The highest BCUT2D eigenvalue weighted by Gasteiger charge is 2.32. The van der Waals surface area contributed by atoms with Gasteiger partial charge in [0.2, 0.25) is 10.0 Å². The Kier molecular flexibility index (Phi) is 5.38. The molecule has 2 aromatic rings. The second kappa shape index (κ2) is 8.03. The molecule has 2 aliphatic heterocycles. The van der Waals surface area contributed by atoms with Crippen molar-refractivity contribution in [2.24, 2.45) is 0 Å². The number of carbonyl (C=O) groups is 1. The number of aryl methyl sites for hydroxylation is 2. The molecule has 1 saturated heterocycles. The maximum atomic E-state index is 13.3. The van der Waals surface area contributed by atoms with Gasteiger partial charge in [-0.05, 0) is 61.8 Å². The van der Waals surface area contributed by atoms with Gasteiger partial charge in [0.25, 0.3) is 5.91 Å². The van der Waals surface area contributed by atoms with Gasteiger partial charge in [0.15, 0.2) is 5.13 Å². The minimum Gasteiger partial charge on any atom is -0.368 e. The van der Waals surface area contributed by atoms with Crippen molar-refractivity contribution in [1.29, 1.82) is 0 Å². The van der Waals surface area contributed by atoms with Crippen molar-refractivity contribution in [2.75, 3.05) is 18.5 Å². The lowest BCUT2D eigenvalue weighted by Gasteiger charge is -2.26. The topological polar surface area (TPSA) is 88.6 Å². The Hall–Kier alpha value is -1.81. The van der Waals surface area contributed by atoms with Crippen molar-refractivity contribution in [3.8, 4) is 0 Å². The second-order valence-electron chi connectivity index (χ2n) is 8.11. The number of thiazole rings is 1. The quantitative estimate of drug-likeness (QED) is 0.779. The molecule has 1 aromatic heterocycles. The fourth-order valence-corrected chi connectivity index (χ4v) is 6.99. The fourth-order valence-electron chi connectivity index (χ4n) is 4.42. The molecular weight excluding hydrogens is 422 g/mol. The number of anilines is 1. The van der Waals surface area contributed by atoms with Crippen LogP contribution in [0.3, 0.4) is 0 Å². The number of fused-ring (bicyclic) bond motifs is 2. The molecule has 1 unspecified atom stereocenters. The summed E-state index contributed by atoms with van der Waals surface area (Å²) in [7, 11) is -3.56. The number of rotatable bonds is 4. The van der Waals surface area contributed by atoms with E-state index in [1.807, 2.05) is 12.1 Å². The Morgan fingerprint density at radius 2 is 2.00 bits per heavy atom. The third-order valence-corrected chi connectivity index (χ3v) is 8.95. The van der Waals surface area contributed by atoms with Gasteiger partial charge in [-0.25, -0.2) is 13.4 Å². The third-order valence-electron chi connectivity index (χ3n) is 6.11. The Bertz CT molecular complexity index is 1070. The summed E-state index contributed by atoms with van der Waals surface area (Å²) in [5, 5.41) is 3.36. The molecule has 1 aliphatic carbocycles. The van der Waals surface area contributed by atoms with Crippen molar-refractivity contribution >= 4 is 32.4 Å². The van der Waals surface area contributed by atoms with E-state index in [4.69, 9.17) is 4.74 Å². The van der Waals surface area contributed by atoms with E-state index in [9.17, 15) is 13.2 Å². The van der Waals surface area contributed by atoms with Gasteiger partial charge in [-0.2, -0.15) is 4.31 Å². The molecule has 3 aliphatic rings. The Balaban J connectivity index is 1.32. The maximum absolute atomic E-state index is 13.3. The Morgan fingerprint density at radius 1 is 1.17 bits per heavy atom. The molecule has 1 atom stereocenters. The minimum atomic E-state index is -3.56. The van der Waals surface area contributed by atoms with Crippen molar-refractivity contribution in [3.05, 3.63) is 39.9 Å². The number of amides is 1. The van der Waals surface area contributed by atoms with Crippen LogP contribution >= 0.6 is 11.3 Å². The summed E-state index contributed by atoms with van der Waals surface area (Å²) < 4.78 is 33.5. The molecule has 30 heavy (non-hydrogen) atoms. The van der Waals surface area contributed by atoms with Crippen LogP contribution in [-0.4, -0.2) is 42.9 Å². The van der Waals surface area contributed by atoms with Gasteiger partial charge in [0, 0.05) is 24.4 Å². The zero-order valence-electron chi connectivity index (χ0n) is 16.7. The Morgan fingerprint density at radius 3 is 2.80 bits per heavy atom. The first-order valence-electron chi connectivity index (χ1n) is 10.5. The van der Waals surface area contributed by atoms with Gasteiger partial charge in [0.1, 0.15) is 6.10 Å². The van der Waals surface area contributed by atoms with Crippen LogP contribution in [0.4, 0.5) is 5.13 Å². The van der Waals surface area contributed by atoms with Crippen molar-refractivity contribution < 1.29 is 17.9 Å². The molecule has 1 aromatic carbocycles. The van der Waals surface area contributed by atoms with Crippen LogP contribution in [0, 0.1) is 0 Å². The SMILES string of the molecule is O=C(Nc1nc2c(s1)CN(S(=O)(=O)c1ccc3c(c1)CCCC3)CC2)C1CCCO1. The van der Waals surface area contributed by atoms with E-state index < -0.39 is 16.1 Å². The highest BCUT2D eigenvalue weighted by Crippen LogP contribution is 2.32. The van der Waals surface area contributed by atoms with E-state index >= 15 is 0 Å². The standard InChI is InChI=1S/C21H25N3O4S2/c25-20(18-6-3-11-28-18)23-21-22-17-9-10-24(13-19(17)29-21)30(26,27)16-8-7-14-4-1-2-5-15(14)12-16/h7-8,12,18H,1-6,9-11,13H2,(H,22,23,25). The summed E-state index contributed by atoms with van der Waals surface area (Å²) in [6.07, 6.45) is 6.02. The van der Waals surface area contributed by atoms with Crippen LogP contribution in [0.15, 0.2) is 23.1 Å². The monoisotopic (exact) mass is 447 g/mol. The van der Waals surface area contributed by atoms with E-state index in [2.05, 4.69) is 10.3 Å². The highest BCUT2D eigenvalue weighted by molar-refractivity contribution is 7.89. The van der Waals surface area contributed by atoms with Crippen LogP contribution in [0.1, 0.15) is 47.4 Å². The van der Waals surface area contributed by atoms with E-state index in [1.165, 1.54) is 27.6 Å². The van der Waals surface area contributed by atoms with Gasteiger partial charge in [-0.15, -0.1) is 11.3 Å². The predicted octanol–water partition coefficient (Wildman–Crippen LogP) is 2.89. The second-order valence-corrected chi connectivity index (χ2v) is 11.1. The molecule has 0 radical (unpaired) electrons. The number of ether oxygens (including phenoxy) is 1. The summed E-state index contributed by atoms with van der Waals surface area (Å²) in [6.45, 7) is 1.31. The molecule has 3 heterocycles. The van der Waals surface area contributed by atoms with Crippen molar-refractivity contribution in [3.63, 3.8) is 0 Å². The maximum Gasteiger partial charge on any atom is 0.255 e. The van der Waals surface area contributed by atoms with Crippen LogP contribution in [0.5, 0.6) is 0 Å². The number of hydrogen-bond acceptors (Lipinski definition) is 6. The normalized spacial score (nSPS) is 21.8. The molecule has 0 spiro atoms. The summed E-state index contributed by atoms with van der Waals surface area (Å²) in [5.41, 5.74) is 3.31. The van der Waals surface area contributed by atoms with Crippen molar-refractivity contribution in [2.45, 2.75) is 62.5 Å². The lowest BCUT2D eigenvalue weighted by molar-refractivity contribution is -0.124. The number of hydrogen-bond donors (Lipinski definition) is 1. The predicted molar refractivity (Wildman–Crippen MR) is 114 cm³/mol. The third kappa shape index (κ3) is 3.79. The number of nitrogens with one attached hydrogen (secondary N) is 1. The average molecular weight is 448 g/mol. The van der Waals surface area contributed by atoms with Gasteiger partial charge >= 0.3 is 0 Å². The average Bonchev–Trinajstić information content (AvgIpc) is 3.42. The molecular formula is C21H25N3O4S2. The smallest absolute Gasteiger partial charge is 0.255 e. The summed E-state index contributed by atoms with van der Waals surface area (Å²) in [5.74, 6) is -0.169. The molecule has 5 rings (SSSR count). The zero-order valence-corrected chi connectivity index (χ0v) is 18.4. The highest BCUT2D eigenvalue weighted by atomic mass is 32.2. The number of benzene rings is 1. The van der Waals surface area contributed by atoms with Crippen molar-refractivity contribution in [1.82, 2.24) is 9.29 Å². The lowest BCUT2D eigenvalue weighted by Crippen LogP contribution is -2.35. The fraction of sp³-hybridized carbons (Fsp3) is 0.524. The molecule has 1 fully saturated rings. The molecule has 0 saturated carbocycles. The van der Waals surface area contributed by atoms with Gasteiger partial charge in [-0.3, -0.25) is 10.1 Å². The zero-order chi connectivity index (χ0) is 20.7. The van der Waals surface area contributed by atoms with Gasteiger partial charge < -0.3 is 4.74 Å². The van der Waals surface area contributed by atoms with E-state index in [-0.39, 0.29) is 5.91 Å². The first-order chi connectivity index (χ1) is 14.5. The molecule has 0 bridgehead atoms. The molecule has 7 nitrogen and oxygen atoms in total. The van der Waals surface area contributed by atoms with E-state index in [0.29, 0.717) is 36.1 Å². The van der Waals surface area contributed by atoms with Gasteiger partial charge in [0.05, 0.1) is 17.1 Å². The number of nitrogens with zero attached hydrogens (tertiary/aromatic N) is 2. The number of sulfonamides is 1. The van der Waals surface area contributed by atoms with Crippen LogP contribution < -0.4 is 5.32 Å². The van der Waals surface area contributed by atoms with E-state index in [1.54, 1.807) is 6.07 Å². The lowest BCUT2D eigenvalue weighted by atomic mass is 9.92. The Labute approximate surface area is 180 Å². The van der Waals surface area contributed by atoms with Crippen LogP contribution in [0.25, 0.3) is 0 Å². The minimum absolute atomic E-state index is 0.169. The number of carbonyl (C=O) groups excluding carboxylic acids is 1. The van der Waals surface area contributed by atoms with E-state index in [0.717, 1.165) is 48.2 Å². The van der Waals surface area contributed by atoms with Gasteiger partial charge in [-0.1, -0.05) is 6.07 Å². The van der Waals surface area contributed by atoms with Crippen LogP contribution in [-0.2, 0) is 45.4 Å². The largest absolute Gasteiger partial charge is 0.368 e. The molecule has 1 amide bonds. The first-order valence-corrected chi connectivity index (χ1v) is 12.8. The van der Waals surface area contributed by atoms with Crippen LogP contribution in [0.2, 0.25) is 0 Å². The summed E-state index contributed by atoms with van der Waals surface area (Å²) >= 11 is 1.36.